The summed E-state index contributed by atoms with van der Waals surface area (Å²) in [6, 6.07) is 71.1. The topological polar surface area (TPSA) is 34.2 Å². The van der Waals surface area contributed by atoms with Gasteiger partial charge in [-0.05, 0) is 91.6 Å². The Labute approximate surface area is 428 Å². The number of benzene rings is 8. The van der Waals surface area contributed by atoms with Crippen LogP contribution in [0.2, 0.25) is 34.9 Å². The standard InChI is InChI=1S/C64H72GeN2O3Si/c1-11-68-46-47-69-62-40-16-50(17-41-62)44-45-65(7,8)55-26-18-51(19-27-55)52-20-32-58(33-21-52)66(56-28-12-48(2)13-29-56)59-34-22-53(23-35-59)54-24-36-60(37-25-54)67(57-30-14-49(3)15-31-57)61-38-42-63(43-39-61)70-71(9,10)64(4,5)6/h12-43H,11,44-47H2,1-10H3. The molecule has 71 heavy (non-hydrogen) atoms. The number of hydrogen-bond acceptors (Lipinski definition) is 5. The van der Waals surface area contributed by atoms with Crippen LogP contribution in [0.5, 0.6) is 11.5 Å². The van der Waals surface area contributed by atoms with Crippen molar-refractivity contribution < 1.29 is 13.9 Å². The zero-order chi connectivity index (χ0) is 50.2. The van der Waals surface area contributed by atoms with Gasteiger partial charge < -0.3 is 9.33 Å². The van der Waals surface area contributed by atoms with E-state index in [1.807, 2.05) is 6.92 Å². The van der Waals surface area contributed by atoms with Crippen molar-refractivity contribution >= 4 is 60.1 Å². The van der Waals surface area contributed by atoms with Crippen molar-refractivity contribution in [1.82, 2.24) is 0 Å². The fraction of sp³-hybridized carbons (Fsp3) is 0.250. The van der Waals surface area contributed by atoms with Gasteiger partial charge in [0.2, 0.25) is 8.32 Å². The molecule has 0 aliphatic carbocycles. The van der Waals surface area contributed by atoms with Crippen LogP contribution in [0.1, 0.15) is 44.4 Å². The first-order valence-electron chi connectivity index (χ1n) is 25.3. The van der Waals surface area contributed by atoms with Crippen LogP contribution in [0, 0.1) is 13.8 Å². The summed E-state index contributed by atoms with van der Waals surface area (Å²) in [7, 11) is -1.96. The van der Waals surface area contributed by atoms with Gasteiger partial charge in [-0.1, -0.05) is 56.2 Å². The second kappa shape index (κ2) is 22.4. The van der Waals surface area contributed by atoms with Gasteiger partial charge in [0.05, 0.1) is 0 Å². The third-order valence-corrected chi connectivity index (χ3v) is 25.7. The van der Waals surface area contributed by atoms with Crippen LogP contribution >= 0.6 is 0 Å². The molecular weight excluding hydrogens is 945 g/mol. The predicted molar refractivity (Wildman–Crippen MR) is 308 cm³/mol. The van der Waals surface area contributed by atoms with Crippen LogP contribution in [-0.2, 0) is 11.2 Å². The van der Waals surface area contributed by atoms with Crippen molar-refractivity contribution in [3.63, 3.8) is 0 Å². The van der Waals surface area contributed by atoms with E-state index in [0.29, 0.717) is 19.8 Å². The van der Waals surface area contributed by atoms with Crippen LogP contribution < -0.4 is 23.4 Å². The molecule has 7 heteroatoms. The van der Waals surface area contributed by atoms with E-state index < -0.39 is 21.6 Å². The Morgan fingerprint density at radius 3 is 1.18 bits per heavy atom. The first-order chi connectivity index (χ1) is 34.1. The van der Waals surface area contributed by atoms with Gasteiger partial charge in [-0.25, -0.2) is 0 Å². The fourth-order valence-corrected chi connectivity index (χ4v) is 14.4. The molecule has 8 aromatic rings. The minimum atomic E-state index is -2.26. The van der Waals surface area contributed by atoms with E-state index in [1.54, 1.807) is 0 Å². The van der Waals surface area contributed by atoms with Gasteiger partial charge >= 0.3 is 243 Å². The van der Waals surface area contributed by atoms with Crippen molar-refractivity contribution in [3.8, 4) is 33.8 Å². The van der Waals surface area contributed by atoms with E-state index in [0.717, 1.165) is 63.2 Å². The zero-order valence-corrected chi connectivity index (χ0v) is 46.7. The summed E-state index contributed by atoms with van der Waals surface area (Å²) >= 11 is -2.26. The van der Waals surface area contributed by atoms with E-state index in [-0.39, 0.29) is 5.04 Å². The first kappa shape index (κ1) is 51.0. The monoisotopic (exact) mass is 1020 g/mol. The van der Waals surface area contributed by atoms with Crippen LogP contribution in [-0.4, -0.2) is 41.4 Å². The Hall–Kier alpha value is -6.32. The van der Waals surface area contributed by atoms with Crippen molar-refractivity contribution in [2.24, 2.45) is 0 Å². The first-order valence-corrected chi connectivity index (χ1v) is 34.9. The molecule has 0 N–H and O–H groups in total. The summed E-state index contributed by atoms with van der Waals surface area (Å²) in [4.78, 5) is 4.66. The van der Waals surface area contributed by atoms with Gasteiger partial charge in [0.25, 0.3) is 0 Å². The molecule has 0 amide bonds. The second-order valence-electron chi connectivity index (χ2n) is 21.0. The van der Waals surface area contributed by atoms with Crippen LogP contribution in [0.25, 0.3) is 22.3 Å². The molecule has 0 unspecified atom stereocenters. The molecule has 0 saturated carbocycles. The summed E-state index contributed by atoms with van der Waals surface area (Å²) < 4.78 is 19.4. The molecule has 0 atom stereocenters. The van der Waals surface area contributed by atoms with Crippen LogP contribution in [0.15, 0.2) is 194 Å². The van der Waals surface area contributed by atoms with E-state index in [1.165, 1.54) is 37.5 Å². The summed E-state index contributed by atoms with van der Waals surface area (Å²) in [5.74, 6) is 6.90. The molecule has 8 rings (SSSR count). The average Bonchev–Trinajstić information content (AvgIpc) is 3.37. The molecule has 0 fully saturated rings. The molecule has 0 aromatic heterocycles. The maximum atomic E-state index is 6.64. The van der Waals surface area contributed by atoms with E-state index in [4.69, 9.17) is 13.9 Å². The van der Waals surface area contributed by atoms with Crippen molar-refractivity contribution in [2.75, 3.05) is 29.6 Å². The third kappa shape index (κ3) is 12.8. The molecule has 0 aliphatic rings. The average molecular weight is 1020 g/mol. The molecule has 0 spiro atoms. The molecule has 0 bridgehead atoms. The number of anilines is 6. The molecule has 0 heterocycles. The Balaban J connectivity index is 0.971. The Bertz CT molecular complexity index is 2930. The normalized spacial score (nSPS) is 11.9. The molecule has 5 nitrogen and oxygen atoms in total. The Morgan fingerprint density at radius 2 is 0.803 bits per heavy atom. The van der Waals surface area contributed by atoms with E-state index in [9.17, 15) is 0 Å². The molecule has 364 valence electrons. The van der Waals surface area contributed by atoms with E-state index >= 15 is 0 Å². The van der Waals surface area contributed by atoms with Crippen molar-refractivity contribution in [3.05, 3.63) is 211 Å². The fourth-order valence-electron chi connectivity index (χ4n) is 8.63. The van der Waals surface area contributed by atoms with E-state index in [2.05, 4.69) is 263 Å². The van der Waals surface area contributed by atoms with Gasteiger partial charge in [0, 0.05) is 17.1 Å². The summed E-state index contributed by atoms with van der Waals surface area (Å²) in [6.45, 7) is 19.6. The summed E-state index contributed by atoms with van der Waals surface area (Å²) in [5.41, 5.74) is 15.3. The van der Waals surface area contributed by atoms with Crippen molar-refractivity contribution in [2.45, 2.75) is 82.9 Å². The predicted octanol–water partition coefficient (Wildman–Crippen LogP) is 17.5. The SMILES string of the molecule is CCOCCOc1ccc(C[CH2][Ge]([CH3])([CH3])[c]2ccc(-c3ccc(N(c4ccc(C)cc4)c4ccc(-c5ccc(N(c6ccc(C)cc6)c6ccc(O[Si](C)(C)C(C)(C)C)cc6)cc5)cc4)cc3)cc2)cc1. The van der Waals surface area contributed by atoms with Crippen molar-refractivity contribution in [1.29, 1.82) is 0 Å². The second-order valence-corrected chi connectivity index (χ2v) is 35.9. The molecular formula is C64H72GeN2O3Si. The van der Waals surface area contributed by atoms with Gasteiger partial charge in [0.15, 0.2) is 0 Å². The number of nitrogens with zero attached hydrogens (tertiary/aromatic N) is 2. The van der Waals surface area contributed by atoms with Gasteiger partial charge in [0.1, 0.15) is 5.75 Å². The Kier molecular flexibility index (Phi) is 16.1. The zero-order valence-electron chi connectivity index (χ0n) is 43.6. The van der Waals surface area contributed by atoms with Gasteiger partial charge in [-0.15, -0.1) is 0 Å². The third-order valence-electron chi connectivity index (χ3n) is 14.2. The summed E-state index contributed by atoms with van der Waals surface area (Å²) in [6.07, 6.45) is 1.09. The van der Waals surface area contributed by atoms with Gasteiger partial charge in [-0.2, -0.15) is 0 Å². The number of rotatable bonds is 19. The number of aryl methyl sites for hydroxylation is 3. The minimum absolute atomic E-state index is 0.126. The van der Waals surface area contributed by atoms with Gasteiger partial charge in [-0.3, -0.25) is 0 Å². The maximum absolute atomic E-state index is 6.64. The molecule has 0 radical (unpaired) electrons. The van der Waals surface area contributed by atoms with Crippen LogP contribution in [0.4, 0.5) is 34.1 Å². The van der Waals surface area contributed by atoms with Crippen LogP contribution in [0.3, 0.4) is 0 Å². The molecule has 0 saturated heterocycles. The molecule has 0 aliphatic heterocycles. The number of hydrogen-bond donors (Lipinski definition) is 0. The number of ether oxygens (including phenoxy) is 2. The molecule has 8 aromatic carbocycles. The Morgan fingerprint density at radius 1 is 0.451 bits per heavy atom. The summed E-state index contributed by atoms with van der Waals surface area (Å²) in [5, 5.41) is 1.36. The quantitative estimate of drug-likeness (QED) is 0.0596.